The molecule has 0 fully saturated rings. The van der Waals surface area contributed by atoms with Gasteiger partial charge in [-0.25, -0.2) is 9.78 Å². The van der Waals surface area contributed by atoms with Crippen molar-refractivity contribution in [1.29, 1.82) is 0 Å². The van der Waals surface area contributed by atoms with Gasteiger partial charge in [0.15, 0.2) is 0 Å². The fourth-order valence-electron chi connectivity index (χ4n) is 1.80. The van der Waals surface area contributed by atoms with E-state index < -0.39 is 12.1 Å². The van der Waals surface area contributed by atoms with E-state index in [9.17, 15) is 9.59 Å². The van der Waals surface area contributed by atoms with Crippen molar-refractivity contribution in [2.24, 2.45) is 0 Å². The van der Waals surface area contributed by atoms with Crippen LogP contribution in [0.5, 0.6) is 0 Å². The molecule has 0 saturated carbocycles. The van der Waals surface area contributed by atoms with Gasteiger partial charge in [0, 0.05) is 11.1 Å². The summed E-state index contributed by atoms with van der Waals surface area (Å²) in [5, 5.41) is 8.81. The number of aryl methyl sites for hydroxylation is 1. The minimum Gasteiger partial charge on any atom is -0.467 e. The summed E-state index contributed by atoms with van der Waals surface area (Å²) in [4.78, 5) is 29.1. The Kier molecular flexibility index (Phi) is 6.16. The molecule has 0 aromatic carbocycles. The molecule has 3 N–H and O–H groups in total. The minimum absolute atomic E-state index is 0.279. The van der Waals surface area contributed by atoms with Crippen molar-refractivity contribution < 1.29 is 14.0 Å². The number of hydrogen-bond acceptors (Lipinski definition) is 5. The number of urea groups is 1. The zero-order valence-corrected chi connectivity index (χ0v) is 13.9. The number of carbonyl (C=O) groups excluding carboxylic acids is 2. The zero-order valence-electron chi connectivity index (χ0n) is 13.1. The molecule has 0 aliphatic rings. The summed E-state index contributed by atoms with van der Waals surface area (Å²) in [7, 11) is 0. The van der Waals surface area contributed by atoms with Gasteiger partial charge in [-0.2, -0.15) is 0 Å². The maximum Gasteiger partial charge on any atom is 0.315 e. The Hall–Kier alpha value is -2.35. The van der Waals surface area contributed by atoms with Crippen molar-refractivity contribution in [3.05, 3.63) is 40.2 Å². The number of thiazole rings is 1. The van der Waals surface area contributed by atoms with Gasteiger partial charge in [-0.05, 0) is 25.5 Å². The first kappa shape index (κ1) is 17.0. The number of nitrogens with zero attached hydrogens (tertiary/aromatic N) is 1. The Balaban J connectivity index is 1.69. The van der Waals surface area contributed by atoms with Crippen molar-refractivity contribution in [2.45, 2.75) is 39.4 Å². The van der Waals surface area contributed by atoms with E-state index in [0.29, 0.717) is 18.8 Å². The van der Waals surface area contributed by atoms with Crippen LogP contribution in [-0.2, 0) is 24.3 Å². The number of hydrogen-bond donors (Lipinski definition) is 3. The van der Waals surface area contributed by atoms with Gasteiger partial charge in [0.2, 0.25) is 5.91 Å². The Morgan fingerprint density at radius 1 is 1.35 bits per heavy atom. The molecule has 0 aliphatic heterocycles. The molecule has 2 heterocycles. The summed E-state index contributed by atoms with van der Waals surface area (Å²) >= 11 is 1.56. The molecule has 124 valence electrons. The van der Waals surface area contributed by atoms with E-state index in [2.05, 4.69) is 27.9 Å². The van der Waals surface area contributed by atoms with Crippen LogP contribution in [-0.4, -0.2) is 23.0 Å². The quantitative estimate of drug-likeness (QED) is 0.718. The van der Waals surface area contributed by atoms with E-state index in [1.54, 1.807) is 36.7 Å². The van der Waals surface area contributed by atoms with Gasteiger partial charge in [-0.1, -0.05) is 6.92 Å². The lowest BCUT2D eigenvalue weighted by atomic mass is 10.3. The summed E-state index contributed by atoms with van der Waals surface area (Å²) < 4.78 is 5.12. The highest BCUT2D eigenvalue weighted by Crippen LogP contribution is 2.12. The minimum atomic E-state index is -0.646. The molecule has 0 radical (unpaired) electrons. The largest absolute Gasteiger partial charge is 0.467 e. The van der Waals surface area contributed by atoms with E-state index in [-0.39, 0.29) is 5.91 Å². The van der Waals surface area contributed by atoms with Gasteiger partial charge in [-0.15, -0.1) is 11.3 Å². The zero-order chi connectivity index (χ0) is 16.7. The molecule has 2 aromatic rings. The first-order valence-electron chi connectivity index (χ1n) is 7.36. The van der Waals surface area contributed by atoms with Gasteiger partial charge in [0.1, 0.15) is 16.8 Å². The van der Waals surface area contributed by atoms with Crippen LogP contribution in [0.1, 0.15) is 29.5 Å². The molecule has 0 unspecified atom stereocenters. The Morgan fingerprint density at radius 3 is 2.83 bits per heavy atom. The number of rotatable bonds is 7. The lowest BCUT2D eigenvalue weighted by molar-refractivity contribution is -0.122. The Morgan fingerprint density at radius 2 is 2.17 bits per heavy atom. The molecule has 23 heavy (non-hydrogen) atoms. The highest BCUT2D eigenvalue weighted by molar-refractivity contribution is 7.11. The van der Waals surface area contributed by atoms with Gasteiger partial charge < -0.3 is 20.4 Å². The molecular formula is C15H20N4O3S. The molecule has 0 spiro atoms. The lowest BCUT2D eigenvalue weighted by Gasteiger charge is -2.14. The molecule has 7 nitrogen and oxygen atoms in total. The number of amides is 3. The normalized spacial score (nSPS) is 11.7. The van der Waals surface area contributed by atoms with Crippen molar-refractivity contribution in [3.8, 4) is 0 Å². The Labute approximate surface area is 138 Å². The molecule has 2 rings (SSSR count). The summed E-state index contributed by atoms with van der Waals surface area (Å²) in [6.45, 7) is 4.31. The van der Waals surface area contributed by atoms with Crippen LogP contribution in [0.4, 0.5) is 4.79 Å². The van der Waals surface area contributed by atoms with Gasteiger partial charge in [0.05, 0.1) is 19.4 Å². The molecular weight excluding hydrogens is 316 g/mol. The van der Waals surface area contributed by atoms with Crippen molar-refractivity contribution in [3.63, 3.8) is 0 Å². The van der Waals surface area contributed by atoms with Crippen LogP contribution in [0.3, 0.4) is 0 Å². The fraction of sp³-hybridized carbons (Fsp3) is 0.400. The van der Waals surface area contributed by atoms with Crippen molar-refractivity contribution in [2.75, 3.05) is 0 Å². The Bertz CT molecular complexity index is 639. The van der Waals surface area contributed by atoms with Crippen molar-refractivity contribution >= 4 is 23.3 Å². The summed E-state index contributed by atoms with van der Waals surface area (Å²) in [5.74, 6) is 0.379. The van der Waals surface area contributed by atoms with Gasteiger partial charge in [-0.3, -0.25) is 4.79 Å². The second kappa shape index (κ2) is 8.33. The molecule has 3 amide bonds. The predicted molar refractivity (Wildman–Crippen MR) is 86.9 cm³/mol. The average molecular weight is 336 g/mol. The maximum absolute atomic E-state index is 11.9. The number of furan rings is 1. The third kappa shape index (κ3) is 5.41. The van der Waals surface area contributed by atoms with Crippen molar-refractivity contribution in [1.82, 2.24) is 20.9 Å². The molecule has 1 atom stereocenters. The summed E-state index contributed by atoms with van der Waals surface area (Å²) in [6, 6.07) is 2.47. The van der Waals surface area contributed by atoms with Crippen LogP contribution >= 0.6 is 11.3 Å². The number of nitrogens with one attached hydrogen (secondary N) is 3. The first-order chi connectivity index (χ1) is 11.1. The summed E-state index contributed by atoms with van der Waals surface area (Å²) in [6.07, 6.45) is 4.28. The van der Waals surface area contributed by atoms with Crippen LogP contribution in [0.15, 0.2) is 29.0 Å². The van der Waals surface area contributed by atoms with Crippen LogP contribution in [0.25, 0.3) is 0 Å². The lowest BCUT2D eigenvalue weighted by Crippen LogP contribution is -2.48. The topological polar surface area (TPSA) is 96.3 Å². The van der Waals surface area contributed by atoms with E-state index in [1.165, 1.54) is 4.88 Å². The highest BCUT2D eigenvalue weighted by atomic mass is 32.1. The van der Waals surface area contributed by atoms with E-state index >= 15 is 0 Å². The average Bonchev–Trinajstić information content (AvgIpc) is 3.21. The maximum atomic E-state index is 11.9. The fourth-order valence-corrected chi connectivity index (χ4v) is 2.60. The highest BCUT2D eigenvalue weighted by Gasteiger charge is 2.15. The van der Waals surface area contributed by atoms with E-state index in [4.69, 9.17) is 4.42 Å². The monoisotopic (exact) mass is 336 g/mol. The van der Waals surface area contributed by atoms with Crippen LogP contribution in [0.2, 0.25) is 0 Å². The van der Waals surface area contributed by atoms with Crippen LogP contribution in [0, 0.1) is 0 Å². The van der Waals surface area contributed by atoms with Gasteiger partial charge >= 0.3 is 6.03 Å². The predicted octanol–water partition coefficient (Wildman–Crippen LogP) is 1.80. The standard InChI is InChI=1S/C15H20N4O3S/c1-3-12-8-16-13(23-12)9-18-15(21)19-10(2)14(20)17-7-11-5-4-6-22-11/h4-6,8,10H,3,7,9H2,1-2H3,(H,17,20)(H2,18,19,21)/t10-/m1/s1. The smallest absolute Gasteiger partial charge is 0.315 e. The van der Waals surface area contributed by atoms with E-state index in [0.717, 1.165) is 11.4 Å². The molecule has 0 bridgehead atoms. The number of carbonyl (C=O) groups is 2. The van der Waals surface area contributed by atoms with E-state index in [1.807, 2.05) is 6.20 Å². The second-order valence-electron chi connectivity index (χ2n) is 4.92. The third-order valence-electron chi connectivity index (χ3n) is 3.11. The SMILES string of the molecule is CCc1cnc(CNC(=O)N[C@H](C)C(=O)NCc2ccco2)s1. The molecule has 8 heteroatoms. The molecule has 0 saturated heterocycles. The first-order valence-corrected chi connectivity index (χ1v) is 8.18. The molecule has 0 aliphatic carbocycles. The summed E-state index contributed by atoms with van der Waals surface area (Å²) in [5.41, 5.74) is 0. The van der Waals surface area contributed by atoms with Gasteiger partial charge in [0.25, 0.3) is 0 Å². The second-order valence-corrected chi connectivity index (χ2v) is 6.12. The third-order valence-corrected chi connectivity index (χ3v) is 4.25. The number of aromatic nitrogens is 1. The molecule has 2 aromatic heterocycles. The van der Waals surface area contributed by atoms with Crippen LogP contribution < -0.4 is 16.0 Å².